The molecule has 0 aliphatic heterocycles. The second-order valence-electron chi connectivity index (χ2n) is 3.94. The van der Waals surface area contributed by atoms with Gasteiger partial charge in [-0.05, 0) is 25.7 Å². The van der Waals surface area contributed by atoms with E-state index >= 15 is 0 Å². The predicted octanol–water partition coefficient (Wildman–Crippen LogP) is 1.83. The monoisotopic (exact) mass is 204 g/mol. The molecule has 5 heteroatoms. The molecule has 5 nitrogen and oxygen atoms in total. The van der Waals surface area contributed by atoms with E-state index in [-0.39, 0.29) is 5.78 Å². The zero-order chi connectivity index (χ0) is 10.6. The quantitative estimate of drug-likeness (QED) is 0.415. The number of carbonyl (C=O) groups excluding carboxylic acids is 1. The molecule has 2 N–H and O–H groups in total. The summed E-state index contributed by atoms with van der Waals surface area (Å²) in [5.74, 6) is -0.795. The summed E-state index contributed by atoms with van der Waals surface area (Å²) < 4.78 is 0. The van der Waals surface area contributed by atoms with E-state index in [2.05, 4.69) is 9.78 Å². The van der Waals surface area contributed by atoms with Gasteiger partial charge in [0.25, 0.3) is 0 Å². The lowest BCUT2D eigenvalue weighted by Gasteiger charge is -2.33. The van der Waals surface area contributed by atoms with E-state index in [0.29, 0.717) is 38.0 Å². The first kappa shape index (κ1) is 11.6. The molecule has 1 aliphatic carbocycles. The summed E-state index contributed by atoms with van der Waals surface area (Å²) >= 11 is 0. The molecule has 0 spiro atoms. The maximum Gasteiger partial charge on any atom is 0.233 e. The highest BCUT2D eigenvalue weighted by Gasteiger charge is 2.38. The Morgan fingerprint density at radius 3 is 2.21 bits per heavy atom. The van der Waals surface area contributed by atoms with Gasteiger partial charge in [0, 0.05) is 19.3 Å². The molecule has 14 heavy (non-hydrogen) atoms. The average Bonchev–Trinajstić information content (AvgIpc) is 2.19. The van der Waals surface area contributed by atoms with Crippen LogP contribution in [0.15, 0.2) is 0 Å². The highest BCUT2D eigenvalue weighted by Crippen LogP contribution is 2.36. The van der Waals surface area contributed by atoms with Crippen LogP contribution in [0, 0.1) is 5.92 Å². The first-order chi connectivity index (χ1) is 6.62. The van der Waals surface area contributed by atoms with Crippen LogP contribution in [-0.2, 0) is 14.6 Å². The second-order valence-corrected chi connectivity index (χ2v) is 3.94. The molecule has 1 fully saturated rings. The Labute approximate surface area is 82.5 Å². The summed E-state index contributed by atoms with van der Waals surface area (Å²) in [5, 5.41) is 17.1. The van der Waals surface area contributed by atoms with E-state index in [1.165, 1.54) is 0 Å². The number of hydrogen-bond donors (Lipinski definition) is 2. The minimum Gasteiger partial charge on any atom is -0.300 e. The third-order valence-electron chi connectivity index (χ3n) is 2.78. The van der Waals surface area contributed by atoms with Crippen LogP contribution in [-0.4, -0.2) is 22.1 Å². The molecule has 0 saturated heterocycles. The standard InChI is InChI=1S/C9H16O5/c1-7(10)6-8-2-4-9(13-11,14-12)5-3-8/h8,11-12H,2-6H2,1H3. The van der Waals surface area contributed by atoms with Gasteiger partial charge in [0.05, 0.1) is 0 Å². The molecular formula is C9H16O5. The van der Waals surface area contributed by atoms with Crippen molar-refractivity contribution < 1.29 is 25.1 Å². The Kier molecular flexibility index (Phi) is 4.00. The van der Waals surface area contributed by atoms with Crippen LogP contribution in [0.2, 0.25) is 0 Å². The third kappa shape index (κ3) is 2.75. The lowest BCUT2D eigenvalue weighted by atomic mass is 9.82. The molecule has 1 aliphatic rings. The maximum absolute atomic E-state index is 10.9. The van der Waals surface area contributed by atoms with Gasteiger partial charge in [-0.25, -0.2) is 20.3 Å². The van der Waals surface area contributed by atoms with Crippen molar-refractivity contribution in [3.63, 3.8) is 0 Å². The number of rotatable bonds is 4. The highest BCUT2D eigenvalue weighted by atomic mass is 17.2. The van der Waals surface area contributed by atoms with Crippen molar-refractivity contribution >= 4 is 5.78 Å². The number of carbonyl (C=O) groups is 1. The molecular weight excluding hydrogens is 188 g/mol. The van der Waals surface area contributed by atoms with Gasteiger partial charge in [0.1, 0.15) is 5.78 Å². The molecule has 0 amide bonds. The number of hydrogen-bond acceptors (Lipinski definition) is 5. The minimum absolute atomic E-state index is 0.164. The molecule has 0 aromatic heterocycles. The molecule has 0 atom stereocenters. The molecule has 0 radical (unpaired) electrons. The molecule has 0 bridgehead atoms. The van der Waals surface area contributed by atoms with Gasteiger partial charge < -0.3 is 4.79 Å². The lowest BCUT2D eigenvalue weighted by Crippen LogP contribution is -2.38. The fourth-order valence-corrected chi connectivity index (χ4v) is 1.93. The third-order valence-corrected chi connectivity index (χ3v) is 2.78. The summed E-state index contributed by atoms with van der Waals surface area (Å²) in [7, 11) is 0. The van der Waals surface area contributed by atoms with E-state index in [1.54, 1.807) is 6.92 Å². The Hall–Kier alpha value is -0.490. The van der Waals surface area contributed by atoms with Crippen molar-refractivity contribution in [3.8, 4) is 0 Å². The fourth-order valence-electron chi connectivity index (χ4n) is 1.93. The van der Waals surface area contributed by atoms with Crippen LogP contribution >= 0.6 is 0 Å². The molecule has 1 saturated carbocycles. The first-order valence-electron chi connectivity index (χ1n) is 4.76. The van der Waals surface area contributed by atoms with E-state index < -0.39 is 5.79 Å². The van der Waals surface area contributed by atoms with Crippen molar-refractivity contribution in [2.24, 2.45) is 5.92 Å². The smallest absolute Gasteiger partial charge is 0.233 e. The van der Waals surface area contributed by atoms with Gasteiger partial charge in [0.15, 0.2) is 0 Å². The molecule has 0 aromatic rings. The maximum atomic E-state index is 10.9. The van der Waals surface area contributed by atoms with Crippen LogP contribution in [0.4, 0.5) is 0 Å². The predicted molar refractivity (Wildman–Crippen MR) is 47.4 cm³/mol. The number of ketones is 1. The second kappa shape index (κ2) is 4.84. The fraction of sp³-hybridized carbons (Fsp3) is 0.889. The van der Waals surface area contributed by atoms with Crippen LogP contribution < -0.4 is 0 Å². The lowest BCUT2D eigenvalue weighted by molar-refractivity contribution is -0.493. The summed E-state index contributed by atoms with van der Waals surface area (Å²) in [5.41, 5.74) is 0. The Morgan fingerprint density at radius 1 is 1.36 bits per heavy atom. The Balaban J connectivity index is 2.40. The molecule has 82 valence electrons. The zero-order valence-corrected chi connectivity index (χ0v) is 8.23. The molecule has 0 unspecified atom stereocenters. The van der Waals surface area contributed by atoms with E-state index in [9.17, 15) is 4.79 Å². The van der Waals surface area contributed by atoms with Crippen molar-refractivity contribution in [2.45, 2.75) is 44.8 Å². The average molecular weight is 204 g/mol. The van der Waals surface area contributed by atoms with Crippen molar-refractivity contribution in [1.82, 2.24) is 0 Å². The zero-order valence-electron chi connectivity index (χ0n) is 8.23. The first-order valence-corrected chi connectivity index (χ1v) is 4.76. The van der Waals surface area contributed by atoms with Crippen LogP contribution in [0.5, 0.6) is 0 Å². The van der Waals surface area contributed by atoms with Gasteiger partial charge in [-0.1, -0.05) is 0 Å². The van der Waals surface area contributed by atoms with E-state index in [1.807, 2.05) is 0 Å². The summed E-state index contributed by atoms with van der Waals surface area (Å²) in [6.45, 7) is 1.56. The summed E-state index contributed by atoms with van der Waals surface area (Å²) in [6, 6.07) is 0. The van der Waals surface area contributed by atoms with Crippen molar-refractivity contribution in [3.05, 3.63) is 0 Å². The van der Waals surface area contributed by atoms with Crippen LogP contribution in [0.25, 0.3) is 0 Å². The minimum atomic E-state index is -1.27. The van der Waals surface area contributed by atoms with Gasteiger partial charge in [-0.3, -0.25) is 0 Å². The van der Waals surface area contributed by atoms with Gasteiger partial charge in [0.2, 0.25) is 5.79 Å². The normalized spacial score (nSPS) is 22.2. The largest absolute Gasteiger partial charge is 0.300 e. The molecule has 1 rings (SSSR count). The van der Waals surface area contributed by atoms with Crippen LogP contribution in [0.3, 0.4) is 0 Å². The molecule has 0 aromatic carbocycles. The Bertz CT molecular complexity index is 189. The highest BCUT2D eigenvalue weighted by molar-refractivity contribution is 5.75. The topological polar surface area (TPSA) is 76.0 Å². The van der Waals surface area contributed by atoms with E-state index in [0.717, 1.165) is 0 Å². The van der Waals surface area contributed by atoms with E-state index in [4.69, 9.17) is 10.5 Å². The van der Waals surface area contributed by atoms with Crippen molar-refractivity contribution in [1.29, 1.82) is 0 Å². The van der Waals surface area contributed by atoms with Gasteiger partial charge in [-0.2, -0.15) is 0 Å². The summed E-state index contributed by atoms with van der Waals surface area (Å²) in [6.07, 6.45) is 2.77. The van der Waals surface area contributed by atoms with Gasteiger partial charge in [-0.15, -0.1) is 0 Å². The van der Waals surface area contributed by atoms with Crippen LogP contribution in [0.1, 0.15) is 39.0 Å². The number of Topliss-reactive ketones (excluding diaryl/α,β-unsaturated/α-hetero) is 1. The summed E-state index contributed by atoms with van der Waals surface area (Å²) in [4.78, 5) is 19.1. The van der Waals surface area contributed by atoms with Gasteiger partial charge >= 0.3 is 0 Å². The SMILES string of the molecule is CC(=O)CC1CCC(OO)(OO)CC1. The Morgan fingerprint density at radius 2 is 1.86 bits per heavy atom. The molecule has 0 heterocycles. The van der Waals surface area contributed by atoms with Crippen molar-refractivity contribution in [2.75, 3.05) is 0 Å².